The third kappa shape index (κ3) is 3.34. The van der Waals surface area contributed by atoms with Gasteiger partial charge in [0, 0.05) is 56.1 Å². The van der Waals surface area contributed by atoms with Crippen LogP contribution in [0.25, 0.3) is 5.65 Å². The molecule has 0 unspecified atom stereocenters. The Labute approximate surface area is 162 Å². The van der Waals surface area contributed by atoms with Gasteiger partial charge in [-0.25, -0.2) is 4.98 Å². The molecule has 144 valence electrons. The van der Waals surface area contributed by atoms with Gasteiger partial charge in [0.05, 0.1) is 16.8 Å². The second kappa shape index (κ2) is 7.40. The molecule has 3 aromatic rings. The molecule has 8 heteroatoms. The summed E-state index contributed by atoms with van der Waals surface area (Å²) >= 11 is 0. The van der Waals surface area contributed by atoms with Crippen molar-refractivity contribution in [3.8, 4) is 0 Å². The number of nitrogens with zero attached hydrogens (tertiary/aromatic N) is 5. The van der Waals surface area contributed by atoms with Gasteiger partial charge in [-0.15, -0.1) is 0 Å². The van der Waals surface area contributed by atoms with Crippen molar-refractivity contribution >= 4 is 17.2 Å². The Morgan fingerprint density at radius 1 is 1.14 bits per heavy atom. The smallest absolute Gasteiger partial charge is 0.273 e. The molecular weight excluding hydrogens is 358 g/mol. The van der Waals surface area contributed by atoms with E-state index in [4.69, 9.17) is 0 Å². The molecule has 1 aromatic carbocycles. The average molecular weight is 379 g/mol. The first-order valence-electron chi connectivity index (χ1n) is 9.21. The number of pyridine rings is 1. The van der Waals surface area contributed by atoms with Crippen LogP contribution >= 0.6 is 0 Å². The van der Waals surface area contributed by atoms with E-state index in [1.54, 1.807) is 24.0 Å². The molecule has 0 bridgehead atoms. The molecule has 1 aliphatic rings. The van der Waals surface area contributed by atoms with E-state index in [0.717, 1.165) is 31.0 Å². The Morgan fingerprint density at radius 2 is 1.93 bits per heavy atom. The molecule has 1 amide bonds. The van der Waals surface area contributed by atoms with Gasteiger partial charge in [0.25, 0.3) is 11.6 Å². The second-order valence-corrected chi connectivity index (χ2v) is 6.95. The Balaban J connectivity index is 1.42. The molecule has 28 heavy (non-hydrogen) atoms. The molecule has 1 saturated heterocycles. The van der Waals surface area contributed by atoms with Crippen molar-refractivity contribution in [2.45, 2.75) is 13.5 Å². The molecule has 0 N–H and O–H groups in total. The molecule has 1 aliphatic heterocycles. The first-order valence-corrected chi connectivity index (χ1v) is 9.21. The van der Waals surface area contributed by atoms with E-state index < -0.39 is 4.92 Å². The maximum absolute atomic E-state index is 12.9. The zero-order valence-corrected chi connectivity index (χ0v) is 15.6. The van der Waals surface area contributed by atoms with Crippen LogP contribution in [-0.2, 0) is 6.54 Å². The minimum Gasteiger partial charge on any atom is -0.336 e. The fourth-order valence-electron chi connectivity index (χ4n) is 3.66. The summed E-state index contributed by atoms with van der Waals surface area (Å²) < 4.78 is 2.07. The topological polar surface area (TPSA) is 84.0 Å². The van der Waals surface area contributed by atoms with E-state index in [2.05, 4.69) is 14.3 Å². The highest BCUT2D eigenvalue weighted by molar-refractivity contribution is 5.96. The SMILES string of the molecule is Cc1c(C(=O)N2CCN(Cc3cnc4ccccn34)CC2)cccc1[N+](=O)[O-]. The number of piperazine rings is 1. The Bertz CT molecular complexity index is 1040. The van der Waals surface area contributed by atoms with Crippen molar-refractivity contribution in [3.63, 3.8) is 0 Å². The van der Waals surface area contributed by atoms with E-state index in [1.165, 1.54) is 6.07 Å². The second-order valence-electron chi connectivity index (χ2n) is 6.95. The monoisotopic (exact) mass is 379 g/mol. The lowest BCUT2D eigenvalue weighted by molar-refractivity contribution is -0.385. The van der Waals surface area contributed by atoms with Crippen LogP contribution in [0.5, 0.6) is 0 Å². The van der Waals surface area contributed by atoms with E-state index >= 15 is 0 Å². The van der Waals surface area contributed by atoms with Crippen LogP contribution in [0.2, 0.25) is 0 Å². The summed E-state index contributed by atoms with van der Waals surface area (Å²) in [6.45, 7) is 5.09. The summed E-state index contributed by atoms with van der Waals surface area (Å²) in [5.74, 6) is -0.143. The quantitative estimate of drug-likeness (QED) is 0.514. The minimum absolute atomic E-state index is 0.0166. The number of hydrogen-bond acceptors (Lipinski definition) is 5. The van der Waals surface area contributed by atoms with Gasteiger partial charge < -0.3 is 9.30 Å². The lowest BCUT2D eigenvalue weighted by Gasteiger charge is -2.34. The van der Waals surface area contributed by atoms with Crippen LogP contribution < -0.4 is 0 Å². The number of aromatic nitrogens is 2. The van der Waals surface area contributed by atoms with Gasteiger partial charge >= 0.3 is 0 Å². The number of nitro benzene ring substituents is 1. The van der Waals surface area contributed by atoms with Crippen LogP contribution in [0.1, 0.15) is 21.6 Å². The number of carbonyl (C=O) groups excluding carboxylic acids is 1. The number of nitro groups is 1. The Hall–Kier alpha value is -3.26. The molecule has 0 aliphatic carbocycles. The zero-order chi connectivity index (χ0) is 19.7. The highest BCUT2D eigenvalue weighted by Crippen LogP contribution is 2.23. The fraction of sp³-hybridized carbons (Fsp3) is 0.300. The number of carbonyl (C=O) groups is 1. The molecule has 0 saturated carbocycles. The molecule has 0 radical (unpaired) electrons. The standard InChI is InChI=1S/C20H21N5O3/c1-15-17(5-4-6-18(15)25(27)28)20(26)23-11-9-22(10-12-23)14-16-13-21-19-7-2-3-8-24(16)19/h2-8,13H,9-12,14H2,1H3. The van der Waals surface area contributed by atoms with Crippen LogP contribution in [0.4, 0.5) is 5.69 Å². The van der Waals surface area contributed by atoms with Crippen molar-refractivity contribution in [2.75, 3.05) is 26.2 Å². The molecular formula is C20H21N5O3. The van der Waals surface area contributed by atoms with Crippen LogP contribution in [0, 0.1) is 17.0 Å². The van der Waals surface area contributed by atoms with Gasteiger partial charge in [0.2, 0.25) is 0 Å². The highest BCUT2D eigenvalue weighted by atomic mass is 16.6. The summed E-state index contributed by atoms with van der Waals surface area (Å²) in [5, 5.41) is 11.1. The van der Waals surface area contributed by atoms with E-state index in [9.17, 15) is 14.9 Å². The van der Waals surface area contributed by atoms with Gasteiger partial charge in [-0.05, 0) is 25.1 Å². The lowest BCUT2D eigenvalue weighted by atomic mass is 10.1. The summed E-state index contributed by atoms with van der Waals surface area (Å²) in [6.07, 6.45) is 3.89. The Morgan fingerprint density at radius 3 is 2.68 bits per heavy atom. The maximum atomic E-state index is 12.9. The molecule has 0 spiro atoms. The van der Waals surface area contributed by atoms with Crippen molar-refractivity contribution in [2.24, 2.45) is 0 Å². The van der Waals surface area contributed by atoms with Crippen molar-refractivity contribution in [1.82, 2.24) is 19.2 Å². The fourth-order valence-corrected chi connectivity index (χ4v) is 3.66. The number of rotatable bonds is 4. The van der Waals surface area contributed by atoms with E-state index in [0.29, 0.717) is 24.2 Å². The first kappa shape index (κ1) is 18.1. The Kier molecular flexibility index (Phi) is 4.79. The molecule has 0 atom stereocenters. The van der Waals surface area contributed by atoms with E-state index in [-0.39, 0.29) is 11.6 Å². The summed E-state index contributed by atoms with van der Waals surface area (Å²) in [6, 6.07) is 10.6. The molecule has 8 nitrogen and oxygen atoms in total. The minimum atomic E-state index is -0.445. The number of imidazole rings is 1. The third-order valence-corrected chi connectivity index (χ3v) is 5.27. The van der Waals surface area contributed by atoms with Gasteiger partial charge in [0.1, 0.15) is 5.65 Å². The van der Waals surface area contributed by atoms with Gasteiger partial charge in [0.15, 0.2) is 0 Å². The van der Waals surface area contributed by atoms with Gasteiger partial charge in [-0.2, -0.15) is 0 Å². The van der Waals surface area contributed by atoms with Crippen LogP contribution in [0.15, 0.2) is 48.8 Å². The molecule has 3 heterocycles. The van der Waals surface area contributed by atoms with Crippen LogP contribution in [0.3, 0.4) is 0 Å². The number of hydrogen-bond donors (Lipinski definition) is 0. The summed E-state index contributed by atoms with van der Waals surface area (Å²) in [7, 11) is 0. The van der Waals surface area contributed by atoms with Crippen LogP contribution in [-0.4, -0.2) is 56.2 Å². The third-order valence-electron chi connectivity index (χ3n) is 5.27. The molecule has 4 rings (SSSR count). The highest BCUT2D eigenvalue weighted by Gasteiger charge is 2.26. The van der Waals surface area contributed by atoms with Crippen molar-refractivity contribution in [1.29, 1.82) is 0 Å². The summed E-state index contributed by atoms with van der Waals surface area (Å²) in [4.78, 5) is 32.0. The molecule has 1 fully saturated rings. The van der Waals surface area contributed by atoms with Crippen molar-refractivity contribution < 1.29 is 9.72 Å². The predicted octanol–water partition coefficient (Wildman–Crippen LogP) is 2.51. The number of amides is 1. The van der Waals surface area contributed by atoms with E-state index in [1.807, 2.05) is 30.6 Å². The lowest BCUT2D eigenvalue weighted by Crippen LogP contribution is -2.48. The first-order chi connectivity index (χ1) is 13.5. The predicted molar refractivity (Wildman–Crippen MR) is 104 cm³/mol. The summed E-state index contributed by atoms with van der Waals surface area (Å²) in [5.41, 5.74) is 2.85. The van der Waals surface area contributed by atoms with Gasteiger partial charge in [-0.1, -0.05) is 12.1 Å². The van der Waals surface area contributed by atoms with Gasteiger partial charge in [-0.3, -0.25) is 19.8 Å². The van der Waals surface area contributed by atoms with Crippen molar-refractivity contribution in [3.05, 3.63) is 75.7 Å². The normalized spacial score (nSPS) is 15.1. The molecule has 2 aromatic heterocycles. The largest absolute Gasteiger partial charge is 0.336 e. The zero-order valence-electron chi connectivity index (χ0n) is 15.6. The number of benzene rings is 1. The maximum Gasteiger partial charge on any atom is 0.273 e. The average Bonchev–Trinajstić information content (AvgIpc) is 3.11. The number of fused-ring (bicyclic) bond motifs is 1.